The highest BCUT2D eigenvalue weighted by Gasteiger charge is 2.52. The molecule has 0 radical (unpaired) electrons. The molecule has 6 rings (SSSR count). The molecule has 8 nitrogen and oxygen atoms in total. The summed E-state index contributed by atoms with van der Waals surface area (Å²) in [6, 6.07) is 2.62. The fourth-order valence-electron chi connectivity index (χ4n) is 5.87. The number of halogens is 3. The van der Waals surface area contributed by atoms with Gasteiger partial charge < -0.3 is 19.4 Å². The number of hydrogen-bond donors (Lipinski definition) is 1. The van der Waals surface area contributed by atoms with E-state index in [1.54, 1.807) is 6.20 Å². The zero-order valence-corrected chi connectivity index (χ0v) is 21.7. The smallest absolute Gasteiger partial charge is 0.223 e. The predicted molar refractivity (Wildman–Crippen MR) is 138 cm³/mol. The molecule has 3 fully saturated rings. The molecule has 1 unspecified atom stereocenters. The monoisotopic (exact) mass is 530 g/mol. The highest BCUT2D eigenvalue weighted by Crippen LogP contribution is 2.46. The Balaban J connectivity index is 1.22. The van der Waals surface area contributed by atoms with Crippen LogP contribution in [0.1, 0.15) is 55.7 Å². The number of nitrogens with zero attached hydrogens (tertiary/aromatic N) is 5. The summed E-state index contributed by atoms with van der Waals surface area (Å²) in [7, 11) is 0. The van der Waals surface area contributed by atoms with Gasteiger partial charge in [-0.1, -0.05) is 0 Å². The first kappa shape index (κ1) is 25.5. The fraction of sp³-hybridized carbons (Fsp3) is 0.593. The number of imidazole rings is 1. The van der Waals surface area contributed by atoms with E-state index in [9.17, 15) is 0 Å². The Bertz CT molecular complexity index is 1270. The quantitative estimate of drug-likeness (QED) is 0.628. The molecule has 2 aromatic rings. The van der Waals surface area contributed by atoms with Gasteiger partial charge in [-0.2, -0.15) is 0 Å². The minimum Gasteiger partial charge on any atom is -0.381 e. The summed E-state index contributed by atoms with van der Waals surface area (Å²) in [5.74, 6) is -0.321. The maximum Gasteiger partial charge on any atom is 0.223 e. The molecule has 0 bridgehead atoms. The van der Waals surface area contributed by atoms with E-state index >= 15 is 13.2 Å². The lowest BCUT2D eigenvalue weighted by Gasteiger charge is -2.41. The third-order valence-corrected chi connectivity index (χ3v) is 8.15. The van der Waals surface area contributed by atoms with E-state index in [2.05, 4.69) is 25.2 Å². The Morgan fingerprint density at radius 3 is 2.68 bits per heavy atom. The summed E-state index contributed by atoms with van der Waals surface area (Å²) >= 11 is 0. The minimum atomic E-state index is -1.43. The van der Waals surface area contributed by atoms with Crippen molar-refractivity contribution < 1.29 is 22.6 Å². The van der Waals surface area contributed by atoms with Gasteiger partial charge in [0, 0.05) is 49.0 Å². The van der Waals surface area contributed by atoms with Crippen molar-refractivity contribution in [3.05, 3.63) is 47.0 Å². The van der Waals surface area contributed by atoms with Crippen LogP contribution in [0.25, 0.3) is 0 Å². The molecule has 0 amide bonds. The first-order chi connectivity index (χ1) is 18.3. The third-order valence-electron chi connectivity index (χ3n) is 8.15. The average Bonchev–Trinajstić information content (AvgIpc) is 3.57. The van der Waals surface area contributed by atoms with Crippen LogP contribution in [0.5, 0.6) is 0 Å². The van der Waals surface area contributed by atoms with Crippen molar-refractivity contribution in [3.8, 4) is 0 Å². The fourth-order valence-corrected chi connectivity index (χ4v) is 5.87. The van der Waals surface area contributed by atoms with E-state index in [-0.39, 0.29) is 41.5 Å². The van der Waals surface area contributed by atoms with Gasteiger partial charge in [-0.15, -0.1) is 0 Å². The number of aliphatic imine (C=N–C) groups is 2. The Kier molecular flexibility index (Phi) is 6.77. The number of aromatic nitrogens is 2. The van der Waals surface area contributed by atoms with Crippen LogP contribution in [0, 0.1) is 18.6 Å². The van der Waals surface area contributed by atoms with E-state index < -0.39 is 17.8 Å². The van der Waals surface area contributed by atoms with Crippen molar-refractivity contribution >= 4 is 17.4 Å². The molecule has 4 aliphatic rings. The minimum absolute atomic E-state index is 0.0380. The van der Waals surface area contributed by atoms with Gasteiger partial charge in [0.15, 0.2) is 6.17 Å². The van der Waals surface area contributed by atoms with Gasteiger partial charge in [0.1, 0.15) is 23.2 Å². The molecule has 1 spiro atoms. The standard InChI is InChI=1S/C27H33F3N6O2/c1-16-14-38-15-27(5-6-27)35(16)13-18-9-21(29)23(10-20(18)28)33-26-32-11-22(30)25(34-26)24-12-31-17(2)36(24)19-3-7-37-8-4-19/h9-10,12,16,19,22H,3-8,11,13-15H2,1-2H3,(H,32,33)/t16-,22?/m0/s1. The zero-order chi connectivity index (χ0) is 26.4. The lowest BCUT2D eigenvalue weighted by molar-refractivity contribution is -0.0604. The SMILES string of the molecule is Cc1ncc(C2=NC(Nc3cc(F)c(CN4[C@@H](C)COCC45CC5)cc3F)=NCC2F)n1C1CCOCC1. The summed E-state index contributed by atoms with van der Waals surface area (Å²) in [6.45, 7) is 6.55. The van der Waals surface area contributed by atoms with Gasteiger partial charge in [0.2, 0.25) is 5.96 Å². The third kappa shape index (κ3) is 4.76. The van der Waals surface area contributed by atoms with Crippen LogP contribution in [0.2, 0.25) is 0 Å². The highest BCUT2D eigenvalue weighted by molar-refractivity contribution is 6.13. The summed E-state index contributed by atoms with van der Waals surface area (Å²) in [5.41, 5.74) is 0.908. The number of anilines is 1. The predicted octanol–water partition coefficient (Wildman–Crippen LogP) is 4.18. The first-order valence-corrected chi connectivity index (χ1v) is 13.3. The maximum absolute atomic E-state index is 15.2. The van der Waals surface area contributed by atoms with Gasteiger partial charge in [-0.25, -0.2) is 28.1 Å². The van der Waals surface area contributed by atoms with Crippen molar-refractivity contribution in [2.75, 3.05) is 38.3 Å². The lowest BCUT2D eigenvalue weighted by Crippen LogP contribution is -2.52. The molecule has 1 aromatic carbocycles. The van der Waals surface area contributed by atoms with Crippen LogP contribution < -0.4 is 5.32 Å². The molecule has 11 heteroatoms. The van der Waals surface area contributed by atoms with Gasteiger partial charge >= 0.3 is 0 Å². The second kappa shape index (κ2) is 10.1. The molecule has 2 saturated heterocycles. The number of ether oxygens (including phenoxy) is 2. The Morgan fingerprint density at radius 2 is 1.92 bits per heavy atom. The number of guanidine groups is 1. The van der Waals surface area contributed by atoms with E-state index in [1.165, 1.54) is 6.07 Å². The number of morpholine rings is 1. The van der Waals surface area contributed by atoms with Gasteiger partial charge in [0.05, 0.1) is 37.3 Å². The molecule has 4 heterocycles. The Hall–Kier alpha value is -2.76. The summed E-state index contributed by atoms with van der Waals surface area (Å²) in [4.78, 5) is 15.2. The molecule has 38 heavy (non-hydrogen) atoms. The summed E-state index contributed by atoms with van der Waals surface area (Å²) in [5, 5.41) is 2.78. The molecule has 1 aromatic heterocycles. The van der Waals surface area contributed by atoms with E-state index in [0.29, 0.717) is 44.2 Å². The van der Waals surface area contributed by atoms with Crippen molar-refractivity contribution in [1.29, 1.82) is 0 Å². The Labute approximate surface area is 219 Å². The number of rotatable bonds is 5. The number of benzene rings is 1. The summed E-state index contributed by atoms with van der Waals surface area (Å²) < 4.78 is 58.6. The molecule has 1 aliphatic carbocycles. The van der Waals surface area contributed by atoms with Crippen LogP contribution in [-0.2, 0) is 16.0 Å². The van der Waals surface area contributed by atoms with Crippen LogP contribution >= 0.6 is 0 Å². The maximum atomic E-state index is 15.2. The second-order valence-electron chi connectivity index (χ2n) is 10.8. The molecular formula is C27H33F3N6O2. The van der Waals surface area contributed by atoms with E-state index in [1.807, 2.05) is 18.4 Å². The summed E-state index contributed by atoms with van der Waals surface area (Å²) in [6.07, 6.45) is 3.80. The zero-order valence-electron chi connectivity index (χ0n) is 21.7. The van der Waals surface area contributed by atoms with Gasteiger partial charge in [-0.05, 0) is 45.6 Å². The molecule has 2 atom stereocenters. The topological polar surface area (TPSA) is 76.3 Å². The van der Waals surface area contributed by atoms with Crippen molar-refractivity contribution in [2.24, 2.45) is 9.98 Å². The molecule has 204 valence electrons. The highest BCUT2D eigenvalue weighted by atomic mass is 19.1. The van der Waals surface area contributed by atoms with Gasteiger partial charge in [0.25, 0.3) is 0 Å². The van der Waals surface area contributed by atoms with Crippen LogP contribution in [0.3, 0.4) is 0 Å². The largest absolute Gasteiger partial charge is 0.381 e. The normalized spacial score (nSPS) is 25.8. The van der Waals surface area contributed by atoms with Crippen LogP contribution in [0.4, 0.5) is 18.9 Å². The van der Waals surface area contributed by atoms with Crippen molar-refractivity contribution in [3.63, 3.8) is 0 Å². The number of hydrogen-bond acceptors (Lipinski definition) is 7. The van der Waals surface area contributed by atoms with Crippen LogP contribution in [-0.4, -0.2) is 76.8 Å². The number of aryl methyl sites for hydroxylation is 1. The average molecular weight is 531 g/mol. The lowest BCUT2D eigenvalue weighted by atomic mass is 10.1. The van der Waals surface area contributed by atoms with Gasteiger partial charge in [-0.3, -0.25) is 4.90 Å². The van der Waals surface area contributed by atoms with Crippen LogP contribution in [0.15, 0.2) is 28.3 Å². The molecule has 3 aliphatic heterocycles. The molecule has 1 saturated carbocycles. The molecule has 1 N–H and O–H groups in total. The second-order valence-corrected chi connectivity index (χ2v) is 10.8. The first-order valence-electron chi connectivity index (χ1n) is 13.3. The van der Waals surface area contributed by atoms with E-state index in [0.717, 1.165) is 37.6 Å². The van der Waals surface area contributed by atoms with Crippen molar-refractivity contribution in [1.82, 2.24) is 14.5 Å². The van der Waals surface area contributed by atoms with Crippen molar-refractivity contribution in [2.45, 2.75) is 69.9 Å². The molecular weight excluding hydrogens is 497 g/mol. The number of alkyl halides is 1. The number of nitrogens with one attached hydrogen (secondary N) is 1. The Morgan fingerprint density at radius 1 is 1.13 bits per heavy atom. The van der Waals surface area contributed by atoms with E-state index in [4.69, 9.17) is 9.47 Å².